The lowest BCUT2D eigenvalue weighted by Crippen LogP contribution is -2.31. The number of nitrogens with zero attached hydrogens (tertiary/aromatic N) is 4. The Kier molecular flexibility index (Phi) is 9.40. The first-order valence-corrected chi connectivity index (χ1v) is 13.2. The number of rotatable bonds is 10. The quantitative estimate of drug-likeness (QED) is 0.326. The summed E-state index contributed by atoms with van der Waals surface area (Å²) in [4.78, 5) is 30.3. The summed E-state index contributed by atoms with van der Waals surface area (Å²) in [6, 6.07) is 7.70. The predicted molar refractivity (Wildman–Crippen MR) is 152 cm³/mol. The van der Waals surface area contributed by atoms with Crippen molar-refractivity contribution in [2.24, 2.45) is 7.05 Å². The Morgan fingerprint density at radius 1 is 1.22 bits per heavy atom. The minimum absolute atomic E-state index is 0.0744. The molecule has 1 aromatic carbocycles. The zero-order chi connectivity index (χ0) is 27.3. The highest BCUT2D eigenvalue weighted by Gasteiger charge is 2.32. The zero-order valence-electron chi connectivity index (χ0n) is 22.1. The molecule has 1 amide bonds. The Bertz CT molecular complexity index is 1340. The van der Waals surface area contributed by atoms with Gasteiger partial charge in [0, 0.05) is 32.7 Å². The molecule has 2 heterocycles. The van der Waals surface area contributed by atoms with Gasteiger partial charge in [-0.3, -0.25) is 19.1 Å². The van der Waals surface area contributed by atoms with Crippen molar-refractivity contribution in [2.45, 2.75) is 33.1 Å². The number of ether oxygens (including phenoxy) is 2. The fourth-order valence-corrected chi connectivity index (χ4v) is 5.57. The minimum atomic E-state index is -0.349. The highest BCUT2D eigenvalue weighted by Crippen LogP contribution is 2.36. The second-order valence-corrected chi connectivity index (χ2v) is 10.4. The molecule has 2 aromatic rings. The summed E-state index contributed by atoms with van der Waals surface area (Å²) in [5.41, 5.74) is 1.95. The average molecular weight is 541 g/mol. The maximum absolute atomic E-state index is 13.4. The number of unbranched alkanes of at least 4 members (excludes halogenated alkanes) is 1. The SMILES string of the molecule is CCCCN(C)c1c(C=C2SC(=S)N(CCc3ccc(OC)c(OC)c3)C2=O)c(C)c(C#N)c(=O)n1C. The topological polar surface area (TPSA) is 87.8 Å². The summed E-state index contributed by atoms with van der Waals surface area (Å²) in [6.45, 7) is 5.00. The zero-order valence-corrected chi connectivity index (χ0v) is 23.7. The van der Waals surface area contributed by atoms with Crippen molar-refractivity contribution in [3.05, 3.63) is 55.7 Å². The van der Waals surface area contributed by atoms with Gasteiger partial charge in [0.1, 0.15) is 21.8 Å². The van der Waals surface area contributed by atoms with Crippen LogP contribution in [-0.4, -0.2) is 54.1 Å². The number of anilines is 1. The molecule has 37 heavy (non-hydrogen) atoms. The highest BCUT2D eigenvalue weighted by molar-refractivity contribution is 8.26. The number of nitriles is 1. The fraction of sp³-hybridized carbons (Fsp3) is 0.407. The third kappa shape index (κ3) is 5.84. The Morgan fingerprint density at radius 2 is 1.92 bits per heavy atom. The number of aromatic nitrogens is 1. The van der Waals surface area contributed by atoms with Gasteiger partial charge in [-0.2, -0.15) is 5.26 Å². The number of carbonyl (C=O) groups is 1. The van der Waals surface area contributed by atoms with E-state index in [1.54, 1.807) is 39.2 Å². The molecule has 0 saturated carbocycles. The maximum Gasteiger partial charge on any atom is 0.270 e. The Labute approximate surface area is 227 Å². The van der Waals surface area contributed by atoms with E-state index in [1.165, 1.54) is 16.3 Å². The van der Waals surface area contributed by atoms with Crippen molar-refractivity contribution < 1.29 is 14.3 Å². The maximum atomic E-state index is 13.4. The van der Waals surface area contributed by atoms with Gasteiger partial charge in [0.15, 0.2) is 11.5 Å². The summed E-state index contributed by atoms with van der Waals surface area (Å²) in [5, 5.41) is 9.65. The molecule has 1 aliphatic rings. The number of methoxy groups -OCH3 is 2. The van der Waals surface area contributed by atoms with E-state index in [1.807, 2.05) is 36.2 Å². The van der Waals surface area contributed by atoms with Crippen molar-refractivity contribution in [1.29, 1.82) is 5.26 Å². The van der Waals surface area contributed by atoms with Gasteiger partial charge in [-0.15, -0.1) is 0 Å². The molecule has 0 atom stereocenters. The Balaban J connectivity index is 1.94. The van der Waals surface area contributed by atoms with Crippen LogP contribution in [0, 0.1) is 18.3 Å². The van der Waals surface area contributed by atoms with Crippen LogP contribution < -0.4 is 19.9 Å². The molecule has 196 valence electrons. The number of thiocarbonyl (C=S) groups is 1. The van der Waals surface area contributed by atoms with Gasteiger partial charge in [0.25, 0.3) is 11.5 Å². The number of hydrogen-bond acceptors (Lipinski definition) is 8. The van der Waals surface area contributed by atoms with E-state index in [0.29, 0.717) is 50.6 Å². The van der Waals surface area contributed by atoms with Crippen molar-refractivity contribution in [2.75, 3.05) is 39.3 Å². The summed E-state index contributed by atoms with van der Waals surface area (Å²) in [7, 11) is 6.75. The molecule has 8 nitrogen and oxygen atoms in total. The lowest BCUT2D eigenvalue weighted by molar-refractivity contribution is -0.122. The number of pyridine rings is 1. The lowest BCUT2D eigenvalue weighted by Gasteiger charge is -2.25. The van der Waals surface area contributed by atoms with Crippen LogP contribution in [0.4, 0.5) is 5.82 Å². The number of hydrogen-bond donors (Lipinski definition) is 0. The normalized spacial score (nSPS) is 14.3. The molecule has 1 saturated heterocycles. The Hall–Kier alpha value is -3.29. The number of amides is 1. The van der Waals surface area contributed by atoms with Gasteiger partial charge in [-0.25, -0.2) is 0 Å². The van der Waals surface area contributed by atoms with E-state index < -0.39 is 0 Å². The van der Waals surface area contributed by atoms with E-state index in [4.69, 9.17) is 21.7 Å². The van der Waals surface area contributed by atoms with E-state index in [0.717, 1.165) is 24.9 Å². The molecule has 1 aliphatic heterocycles. The fourth-order valence-electron chi connectivity index (χ4n) is 4.28. The van der Waals surface area contributed by atoms with Crippen molar-refractivity contribution in [3.8, 4) is 17.6 Å². The van der Waals surface area contributed by atoms with Crippen LogP contribution in [0.3, 0.4) is 0 Å². The molecular weight excluding hydrogens is 508 g/mol. The minimum Gasteiger partial charge on any atom is -0.493 e. The summed E-state index contributed by atoms with van der Waals surface area (Å²) in [6.07, 6.45) is 4.30. The monoisotopic (exact) mass is 540 g/mol. The van der Waals surface area contributed by atoms with Gasteiger partial charge >= 0.3 is 0 Å². The molecule has 0 aliphatic carbocycles. The first kappa shape index (κ1) is 28.3. The molecule has 1 aromatic heterocycles. The molecule has 3 rings (SSSR count). The number of carbonyl (C=O) groups excluding carboxylic acids is 1. The summed E-state index contributed by atoms with van der Waals surface area (Å²) < 4.78 is 12.6. The van der Waals surface area contributed by atoms with Gasteiger partial charge in [0.05, 0.1) is 19.1 Å². The molecule has 0 bridgehead atoms. The van der Waals surface area contributed by atoms with Crippen LogP contribution in [0.15, 0.2) is 27.9 Å². The Morgan fingerprint density at radius 3 is 2.54 bits per heavy atom. The van der Waals surface area contributed by atoms with Crippen molar-refractivity contribution in [1.82, 2.24) is 9.47 Å². The van der Waals surface area contributed by atoms with Crippen molar-refractivity contribution >= 4 is 46.1 Å². The second-order valence-electron chi connectivity index (χ2n) is 8.76. The van der Waals surface area contributed by atoms with E-state index in [9.17, 15) is 14.9 Å². The molecule has 0 N–H and O–H groups in total. The van der Waals surface area contributed by atoms with E-state index >= 15 is 0 Å². The first-order valence-electron chi connectivity index (χ1n) is 12.0. The molecule has 0 radical (unpaired) electrons. The predicted octanol–water partition coefficient (Wildman–Crippen LogP) is 4.26. The van der Waals surface area contributed by atoms with Crippen LogP contribution in [0.5, 0.6) is 11.5 Å². The van der Waals surface area contributed by atoms with Crippen LogP contribution >= 0.6 is 24.0 Å². The van der Waals surface area contributed by atoms with Crippen LogP contribution in [-0.2, 0) is 18.3 Å². The molecule has 0 spiro atoms. The highest BCUT2D eigenvalue weighted by atomic mass is 32.2. The van der Waals surface area contributed by atoms with Crippen LogP contribution in [0.2, 0.25) is 0 Å². The summed E-state index contributed by atoms with van der Waals surface area (Å²) in [5.74, 6) is 1.75. The summed E-state index contributed by atoms with van der Waals surface area (Å²) >= 11 is 6.78. The molecule has 0 unspecified atom stereocenters. The molecule has 1 fully saturated rings. The largest absolute Gasteiger partial charge is 0.493 e. The first-order chi connectivity index (χ1) is 17.7. The molecule has 10 heteroatoms. The standard InChI is InChI=1S/C27H32N4O4S2/c1-7-8-12-29(3)24-19(17(2)20(16-28)25(32)30(24)4)15-23-26(33)31(27(36)37-23)13-11-18-9-10-21(34-5)22(14-18)35-6/h9-10,14-15H,7-8,11-13H2,1-6H3. The van der Waals surface area contributed by atoms with Gasteiger partial charge in [0.2, 0.25) is 0 Å². The smallest absolute Gasteiger partial charge is 0.270 e. The number of benzene rings is 1. The second kappa shape index (κ2) is 12.3. The van der Waals surface area contributed by atoms with Crippen molar-refractivity contribution in [3.63, 3.8) is 0 Å². The van der Waals surface area contributed by atoms with Gasteiger partial charge < -0.3 is 14.4 Å². The third-order valence-corrected chi connectivity index (χ3v) is 7.78. The lowest BCUT2D eigenvalue weighted by atomic mass is 10.0. The van der Waals surface area contributed by atoms with Gasteiger partial charge in [-0.1, -0.05) is 43.4 Å². The average Bonchev–Trinajstić information content (AvgIpc) is 3.16. The molecular formula is C27H32N4O4S2. The van der Waals surface area contributed by atoms with Crippen LogP contribution in [0.1, 0.15) is 42.0 Å². The van der Waals surface area contributed by atoms with Gasteiger partial charge in [-0.05, 0) is 49.1 Å². The number of thioether (sulfide) groups is 1. The van der Waals surface area contributed by atoms with Crippen LogP contribution in [0.25, 0.3) is 6.08 Å². The third-order valence-electron chi connectivity index (χ3n) is 6.40. The van der Waals surface area contributed by atoms with E-state index in [2.05, 4.69) is 6.92 Å². The van der Waals surface area contributed by atoms with E-state index in [-0.39, 0.29) is 17.0 Å².